The third-order valence-electron chi connectivity index (χ3n) is 1.83. The van der Waals surface area contributed by atoms with Crippen LogP contribution in [0.5, 0.6) is 5.75 Å². The van der Waals surface area contributed by atoms with Gasteiger partial charge in [-0.3, -0.25) is 0 Å². The van der Waals surface area contributed by atoms with Crippen LogP contribution in [-0.4, -0.2) is 5.11 Å². The lowest BCUT2D eigenvalue weighted by Crippen LogP contribution is -2.96. The number of benzene rings is 1. The molecule has 84 valence electrons. The summed E-state index contributed by atoms with van der Waals surface area (Å²) in [6.45, 7) is 0. The molecule has 2 N–H and O–H groups in total. The van der Waals surface area contributed by atoms with Crippen molar-refractivity contribution in [1.82, 2.24) is 0 Å². The summed E-state index contributed by atoms with van der Waals surface area (Å²) < 4.78 is 24.7. The molecule has 0 saturated heterocycles. The smallest absolute Gasteiger partial charge is 0.267 e. The van der Waals surface area contributed by atoms with Crippen LogP contribution in [0.2, 0.25) is 0 Å². The highest BCUT2D eigenvalue weighted by molar-refractivity contribution is 6.17. The Hall–Kier alpha value is -0.950. The summed E-state index contributed by atoms with van der Waals surface area (Å²) in [5, 5.41) is 28.6. The fourth-order valence-electron chi connectivity index (χ4n) is 1.11. The maximum atomic E-state index is 12.4. The van der Waals surface area contributed by atoms with E-state index in [-0.39, 0.29) is 11.4 Å². The van der Waals surface area contributed by atoms with Gasteiger partial charge in [0.05, 0.1) is 11.4 Å². The first-order valence-electron chi connectivity index (χ1n) is 3.88. The highest BCUT2D eigenvalue weighted by Crippen LogP contribution is 2.33. The Morgan fingerprint density at radius 3 is 2.40 bits per heavy atom. The van der Waals surface area contributed by atoms with Crippen molar-refractivity contribution in [3.05, 3.63) is 33.7 Å². The van der Waals surface area contributed by atoms with Crippen LogP contribution in [-0.2, 0) is 5.88 Å². The van der Waals surface area contributed by atoms with Gasteiger partial charge in [0.15, 0.2) is 0 Å². The van der Waals surface area contributed by atoms with Gasteiger partial charge in [-0.1, -0.05) is 0 Å². The quantitative estimate of drug-likeness (QED) is 0.477. The van der Waals surface area contributed by atoms with Gasteiger partial charge in [-0.25, -0.2) is 8.78 Å². The van der Waals surface area contributed by atoms with Crippen molar-refractivity contribution in [3.63, 3.8) is 0 Å². The summed E-state index contributed by atoms with van der Waals surface area (Å²) in [5.41, 5.74) is -1.25. The second-order valence-electron chi connectivity index (χ2n) is 2.79. The Morgan fingerprint density at radius 1 is 1.40 bits per heavy atom. The molecule has 0 radical (unpaired) electrons. The van der Waals surface area contributed by atoms with Crippen molar-refractivity contribution in [2.24, 2.45) is 0 Å². The number of hydrogen-bond acceptors (Lipinski definition) is 3. The van der Waals surface area contributed by atoms with Crippen molar-refractivity contribution < 1.29 is 19.1 Å². The number of rotatable bonds is 3. The number of nitrogens with one attached hydrogen (secondary N) is 1. The van der Waals surface area contributed by atoms with Crippen molar-refractivity contribution in [2.45, 2.75) is 12.3 Å². The molecule has 4 nitrogen and oxygen atoms in total. The summed E-state index contributed by atoms with van der Waals surface area (Å²) in [6, 6.07) is 1.68. The number of phenolic OH excluding ortho intramolecular Hbond substituents is 1. The third-order valence-corrected chi connectivity index (χ3v) is 2.12. The minimum atomic E-state index is -2.97. The Balaban J connectivity index is 3.32. The molecular weight excluding hydrogens is 232 g/mol. The second-order valence-corrected chi connectivity index (χ2v) is 3.06. The maximum absolute atomic E-state index is 12.4. The SMILES string of the molecule is [O-][NH+]([O-])c1cc(CCl)c(O)c(C(F)F)c1. The normalized spacial score (nSPS) is 11.4. The first-order valence-corrected chi connectivity index (χ1v) is 4.42. The van der Waals surface area contributed by atoms with Gasteiger partial charge < -0.3 is 20.7 Å². The van der Waals surface area contributed by atoms with E-state index in [4.69, 9.17) is 11.6 Å². The van der Waals surface area contributed by atoms with Gasteiger partial charge in [0.1, 0.15) is 11.4 Å². The monoisotopic (exact) mass is 238 g/mol. The number of alkyl halides is 3. The maximum Gasteiger partial charge on any atom is 0.267 e. The van der Waals surface area contributed by atoms with E-state index >= 15 is 0 Å². The van der Waals surface area contributed by atoms with Crippen molar-refractivity contribution in [1.29, 1.82) is 0 Å². The molecule has 1 aromatic carbocycles. The van der Waals surface area contributed by atoms with Crippen molar-refractivity contribution in [3.8, 4) is 5.75 Å². The van der Waals surface area contributed by atoms with E-state index in [1.807, 2.05) is 0 Å². The second kappa shape index (κ2) is 4.71. The lowest BCUT2D eigenvalue weighted by atomic mass is 10.1. The zero-order valence-electron chi connectivity index (χ0n) is 7.34. The predicted octanol–water partition coefficient (Wildman–Crippen LogP) is 1.58. The van der Waals surface area contributed by atoms with Crippen LogP contribution in [0.1, 0.15) is 17.6 Å². The Kier molecular flexibility index (Phi) is 3.81. The van der Waals surface area contributed by atoms with Gasteiger partial charge >= 0.3 is 0 Å². The molecule has 15 heavy (non-hydrogen) atoms. The van der Waals surface area contributed by atoms with Crippen LogP contribution in [0.15, 0.2) is 12.1 Å². The first kappa shape index (κ1) is 12.1. The van der Waals surface area contributed by atoms with Crippen molar-refractivity contribution >= 4 is 17.3 Å². The fraction of sp³-hybridized carbons (Fsp3) is 0.250. The molecule has 0 saturated carbocycles. The van der Waals surface area contributed by atoms with E-state index in [2.05, 4.69) is 0 Å². The van der Waals surface area contributed by atoms with E-state index in [0.717, 1.165) is 6.07 Å². The molecule has 0 amide bonds. The molecule has 0 aromatic heterocycles. The van der Waals surface area contributed by atoms with Gasteiger partial charge in [-0.2, -0.15) is 0 Å². The predicted molar refractivity (Wildman–Crippen MR) is 50.0 cm³/mol. The molecule has 0 fully saturated rings. The zero-order valence-corrected chi connectivity index (χ0v) is 8.09. The van der Waals surface area contributed by atoms with Crippen LogP contribution in [0.25, 0.3) is 0 Å². The summed E-state index contributed by atoms with van der Waals surface area (Å²) in [5.74, 6) is -0.933. The molecule has 0 unspecified atom stereocenters. The number of aromatic hydroxyl groups is 1. The molecule has 1 rings (SSSR count). The molecule has 0 heterocycles. The molecule has 1 aromatic rings. The van der Waals surface area contributed by atoms with E-state index in [1.54, 1.807) is 0 Å². The average Bonchev–Trinajstić information content (AvgIpc) is 2.17. The van der Waals surface area contributed by atoms with Gasteiger partial charge in [0.2, 0.25) is 0 Å². The summed E-state index contributed by atoms with van der Waals surface area (Å²) in [6.07, 6.45) is -2.97. The summed E-state index contributed by atoms with van der Waals surface area (Å²) >= 11 is 5.37. The molecular formula is C8H7ClF2NO3-. The largest absolute Gasteiger partial charge is 0.628 e. The highest BCUT2D eigenvalue weighted by Gasteiger charge is 2.18. The zero-order chi connectivity index (χ0) is 11.6. The average molecular weight is 239 g/mol. The number of phenols is 1. The number of quaternary nitrogens is 1. The van der Waals surface area contributed by atoms with E-state index in [0.29, 0.717) is 6.07 Å². The van der Waals surface area contributed by atoms with E-state index in [9.17, 15) is 24.3 Å². The van der Waals surface area contributed by atoms with Crippen LogP contribution >= 0.6 is 11.6 Å². The summed E-state index contributed by atoms with van der Waals surface area (Å²) in [4.78, 5) is 0. The summed E-state index contributed by atoms with van der Waals surface area (Å²) in [7, 11) is 0. The van der Waals surface area contributed by atoms with Crippen LogP contribution < -0.4 is 5.23 Å². The molecule has 7 heteroatoms. The van der Waals surface area contributed by atoms with Gasteiger partial charge in [0.25, 0.3) is 6.43 Å². The third kappa shape index (κ3) is 2.54. The molecule has 0 aliphatic heterocycles. The lowest BCUT2D eigenvalue weighted by molar-refractivity contribution is -0.715. The Bertz CT molecular complexity index is 360. The minimum Gasteiger partial charge on any atom is -0.628 e. The van der Waals surface area contributed by atoms with Gasteiger partial charge in [-0.15, -0.1) is 11.6 Å². The number of halogens is 3. The van der Waals surface area contributed by atoms with Crippen molar-refractivity contribution in [2.75, 3.05) is 0 Å². The molecule has 0 aliphatic carbocycles. The van der Waals surface area contributed by atoms with E-state index in [1.165, 1.54) is 0 Å². The lowest BCUT2D eigenvalue weighted by Gasteiger charge is -2.26. The standard InChI is InChI=1S/C8H7ClF2NO3/c9-3-4-1-5(12(14)15)2-6(7(4)13)8(10)11/h1-2,8,12-13H,3H2/q-1. The fourth-order valence-corrected chi connectivity index (χ4v) is 1.31. The van der Waals surface area contributed by atoms with Crippen LogP contribution in [0.3, 0.4) is 0 Å². The first-order chi connectivity index (χ1) is 6.97. The molecule has 0 spiro atoms. The minimum absolute atomic E-state index is 0.0614. The topological polar surface area (TPSA) is 70.8 Å². The van der Waals surface area contributed by atoms with E-state index < -0.39 is 28.7 Å². The Labute approximate surface area is 88.8 Å². The van der Waals surface area contributed by atoms with Crippen LogP contribution in [0, 0.1) is 10.4 Å². The highest BCUT2D eigenvalue weighted by atomic mass is 35.5. The molecule has 0 bridgehead atoms. The van der Waals surface area contributed by atoms with Crippen LogP contribution in [0.4, 0.5) is 14.5 Å². The number of hydrogen-bond donors (Lipinski definition) is 2. The molecule has 0 atom stereocenters. The van der Waals surface area contributed by atoms with Gasteiger partial charge in [-0.05, 0) is 0 Å². The Morgan fingerprint density at radius 2 is 2.00 bits per heavy atom. The molecule has 0 aliphatic rings. The van der Waals surface area contributed by atoms with Gasteiger partial charge in [0, 0.05) is 17.7 Å².